The highest BCUT2D eigenvalue weighted by atomic mass is 28.2. The minimum Gasteiger partial charge on any atom is -0.482 e. The van der Waals surface area contributed by atoms with Crippen molar-refractivity contribution < 1.29 is 23.5 Å². The summed E-state index contributed by atoms with van der Waals surface area (Å²) in [7, 11) is 0.297. The summed E-state index contributed by atoms with van der Waals surface area (Å²) in [5.41, 5.74) is 0.609. The molecule has 7 nitrogen and oxygen atoms in total. The highest BCUT2D eigenvalue weighted by Gasteiger charge is 2.43. The molecule has 0 aromatic heterocycles. The lowest BCUT2D eigenvalue weighted by Gasteiger charge is -2.32. The molecular formula is C18H24N2O5Si. The highest BCUT2D eigenvalue weighted by molar-refractivity contribution is 6.31. The fourth-order valence-corrected chi connectivity index (χ4v) is 3.33. The number of benzene rings is 1. The molecule has 26 heavy (non-hydrogen) atoms. The van der Waals surface area contributed by atoms with Gasteiger partial charge < -0.3 is 19.2 Å². The van der Waals surface area contributed by atoms with Crippen molar-refractivity contribution >= 4 is 33.1 Å². The quantitative estimate of drug-likeness (QED) is 0.818. The van der Waals surface area contributed by atoms with E-state index in [1.54, 1.807) is 23.1 Å². The van der Waals surface area contributed by atoms with Gasteiger partial charge in [-0.3, -0.25) is 9.69 Å². The van der Waals surface area contributed by atoms with E-state index in [0.29, 0.717) is 33.4 Å². The van der Waals surface area contributed by atoms with Crippen molar-refractivity contribution in [3.8, 4) is 5.75 Å². The molecule has 1 aromatic rings. The number of nitrogens with zero attached hydrogens (tertiary/aromatic N) is 1. The SMILES string of the molecule is CC(C)(C)[Si]OC(C)(C)[C@@H]1CN(c2ccc3c(c2)NC(=O)CO3)C(=O)O1. The Labute approximate surface area is 155 Å². The van der Waals surface area contributed by atoms with E-state index in [0.717, 1.165) is 0 Å². The van der Waals surface area contributed by atoms with E-state index < -0.39 is 11.7 Å². The molecule has 1 saturated heterocycles. The molecule has 2 heterocycles. The van der Waals surface area contributed by atoms with Gasteiger partial charge >= 0.3 is 6.09 Å². The second-order valence-corrected chi connectivity index (χ2v) is 9.97. The maximum atomic E-state index is 12.4. The predicted octanol–water partition coefficient (Wildman–Crippen LogP) is 2.98. The first-order valence-electron chi connectivity index (χ1n) is 8.55. The lowest BCUT2D eigenvalue weighted by Crippen LogP contribution is -2.43. The topological polar surface area (TPSA) is 77.1 Å². The number of fused-ring (bicyclic) bond motifs is 1. The standard InChI is InChI=1S/C18H24N2O5Si/c1-17(2,3)26-25-18(4,5)14-9-20(16(22)24-14)11-6-7-13-12(8-11)19-15(21)10-23-13/h6-8,14H,9-10H2,1-5H3,(H,19,21)/t14-/m0/s1. The van der Waals surface area contributed by atoms with Crippen LogP contribution in [-0.4, -0.2) is 46.6 Å². The van der Waals surface area contributed by atoms with Gasteiger partial charge in [0.1, 0.15) is 11.9 Å². The van der Waals surface area contributed by atoms with E-state index in [4.69, 9.17) is 13.9 Å². The van der Waals surface area contributed by atoms with Crippen molar-refractivity contribution in [1.82, 2.24) is 0 Å². The van der Waals surface area contributed by atoms with Crippen molar-refractivity contribution in [3.63, 3.8) is 0 Å². The van der Waals surface area contributed by atoms with Crippen LogP contribution in [0.25, 0.3) is 0 Å². The molecule has 0 unspecified atom stereocenters. The monoisotopic (exact) mass is 376 g/mol. The van der Waals surface area contributed by atoms with Crippen LogP contribution in [0.3, 0.4) is 0 Å². The normalized spacial score (nSPS) is 20.3. The molecule has 1 fully saturated rings. The molecule has 1 aromatic carbocycles. The van der Waals surface area contributed by atoms with E-state index in [1.807, 2.05) is 13.8 Å². The maximum Gasteiger partial charge on any atom is 0.414 e. The lowest BCUT2D eigenvalue weighted by molar-refractivity contribution is -0.118. The second kappa shape index (κ2) is 6.59. The zero-order valence-electron chi connectivity index (χ0n) is 15.7. The summed E-state index contributed by atoms with van der Waals surface area (Å²) in [4.78, 5) is 25.5. The number of rotatable bonds is 4. The molecule has 2 aliphatic rings. The van der Waals surface area contributed by atoms with Gasteiger partial charge in [0.2, 0.25) is 9.76 Å². The predicted molar refractivity (Wildman–Crippen MR) is 98.8 cm³/mol. The molecule has 0 saturated carbocycles. The molecule has 2 aliphatic heterocycles. The summed E-state index contributed by atoms with van der Waals surface area (Å²) in [6.07, 6.45) is -0.805. The van der Waals surface area contributed by atoms with E-state index in [2.05, 4.69) is 26.1 Å². The van der Waals surface area contributed by atoms with E-state index in [1.165, 1.54) is 0 Å². The van der Waals surface area contributed by atoms with Gasteiger partial charge in [-0.2, -0.15) is 0 Å². The molecule has 0 aliphatic carbocycles. The van der Waals surface area contributed by atoms with Gasteiger partial charge in [-0.25, -0.2) is 4.79 Å². The number of nitrogens with one attached hydrogen (secondary N) is 1. The van der Waals surface area contributed by atoms with Gasteiger partial charge in [0.05, 0.1) is 17.8 Å². The van der Waals surface area contributed by atoms with Crippen molar-refractivity contribution in [3.05, 3.63) is 18.2 Å². The Bertz CT molecular complexity index is 729. The number of hydrogen-bond acceptors (Lipinski definition) is 5. The van der Waals surface area contributed by atoms with Crippen LogP contribution in [0.5, 0.6) is 5.75 Å². The van der Waals surface area contributed by atoms with Crippen LogP contribution in [-0.2, 0) is 14.0 Å². The summed E-state index contributed by atoms with van der Waals surface area (Å²) >= 11 is 0. The van der Waals surface area contributed by atoms with Crippen LogP contribution in [0.4, 0.5) is 16.2 Å². The summed E-state index contributed by atoms with van der Waals surface area (Å²) in [6, 6.07) is 5.25. The van der Waals surface area contributed by atoms with Gasteiger partial charge in [-0.15, -0.1) is 0 Å². The van der Waals surface area contributed by atoms with Gasteiger partial charge in [0.15, 0.2) is 6.61 Å². The number of hydrogen-bond donors (Lipinski definition) is 1. The third-order valence-electron chi connectivity index (χ3n) is 4.12. The van der Waals surface area contributed by atoms with Crippen LogP contribution < -0.4 is 15.0 Å². The molecule has 8 heteroatoms. The van der Waals surface area contributed by atoms with Gasteiger partial charge in [-0.05, 0) is 37.1 Å². The first kappa shape index (κ1) is 18.7. The van der Waals surface area contributed by atoms with Gasteiger partial charge in [-0.1, -0.05) is 20.8 Å². The van der Waals surface area contributed by atoms with Crippen LogP contribution >= 0.6 is 0 Å². The number of carbonyl (C=O) groups excluding carboxylic acids is 2. The molecule has 2 radical (unpaired) electrons. The van der Waals surface area contributed by atoms with E-state index in [9.17, 15) is 9.59 Å². The van der Waals surface area contributed by atoms with Crippen LogP contribution in [0.15, 0.2) is 18.2 Å². The lowest BCUT2D eigenvalue weighted by atomic mass is 10.0. The molecule has 1 N–H and O–H groups in total. The summed E-state index contributed by atoms with van der Waals surface area (Å²) in [5, 5.41) is 2.80. The summed E-state index contributed by atoms with van der Waals surface area (Å²) < 4.78 is 17.0. The van der Waals surface area contributed by atoms with Crippen molar-refractivity contribution in [2.75, 3.05) is 23.4 Å². The summed E-state index contributed by atoms with van der Waals surface area (Å²) in [6.45, 7) is 10.6. The number of ether oxygens (including phenoxy) is 2. The Morgan fingerprint density at radius 1 is 1.23 bits per heavy atom. The smallest absolute Gasteiger partial charge is 0.414 e. The Morgan fingerprint density at radius 2 is 1.96 bits per heavy atom. The fraction of sp³-hybridized carbons (Fsp3) is 0.556. The van der Waals surface area contributed by atoms with Crippen molar-refractivity contribution in [2.45, 2.75) is 51.4 Å². The third kappa shape index (κ3) is 4.02. The second-order valence-electron chi connectivity index (χ2n) is 8.06. The van der Waals surface area contributed by atoms with Crippen LogP contribution in [0.2, 0.25) is 5.04 Å². The Kier molecular flexibility index (Phi) is 4.74. The molecule has 2 amide bonds. The highest BCUT2D eigenvalue weighted by Crippen LogP contribution is 2.35. The number of anilines is 2. The number of amides is 2. The summed E-state index contributed by atoms with van der Waals surface area (Å²) in [5.74, 6) is 0.377. The molecule has 0 spiro atoms. The first-order chi connectivity index (χ1) is 12.0. The van der Waals surface area contributed by atoms with Crippen molar-refractivity contribution in [1.29, 1.82) is 0 Å². The average molecular weight is 376 g/mol. The fourth-order valence-electron chi connectivity index (χ4n) is 2.62. The van der Waals surface area contributed by atoms with Gasteiger partial charge in [0, 0.05) is 5.69 Å². The zero-order valence-corrected chi connectivity index (χ0v) is 16.7. The minimum atomic E-state index is -0.596. The Balaban J connectivity index is 1.74. The zero-order chi connectivity index (χ0) is 19.1. The van der Waals surface area contributed by atoms with Crippen LogP contribution in [0, 0.1) is 0 Å². The van der Waals surface area contributed by atoms with Crippen molar-refractivity contribution in [2.24, 2.45) is 0 Å². The van der Waals surface area contributed by atoms with E-state index >= 15 is 0 Å². The maximum absolute atomic E-state index is 12.4. The van der Waals surface area contributed by atoms with E-state index in [-0.39, 0.29) is 23.7 Å². The van der Waals surface area contributed by atoms with Crippen LogP contribution in [0.1, 0.15) is 34.6 Å². The van der Waals surface area contributed by atoms with Gasteiger partial charge in [0.25, 0.3) is 5.91 Å². The number of cyclic esters (lactones) is 1. The largest absolute Gasteiger partial charge is 0.482 e. The Hall–Kier alpha value is -2.06. The minimum absolute atomic E-state index is 0.000258. The molecule has 140 valence electrons. The Morgan fingerprint density at radius 3 is 2.65 bits per heavy atom. The molecule has 1 atom stereocenters. The number of carbonyl (C=O) groups is 2. The average Bonchev–Trinajstić information content (AvgIpc) is 2.94. The third-order valence-corrected chi connectivity index (χ3v) is 5.36. The molecule has 3 rings (SSSR count). The molecule has 0 bridgehead atoms. The first-order valence-corrected chi connectivity index (χ1v) is 9.46. The molecular weight excluding hydrogens is 352 g/mol.